The van der Waals surface area contributed by atoms with Crippen molar-refractivity contribution in [2.24, 2.45) is 5.73 Å². The topological polar surface area (TPSA) is 26.0 Å². The maximum Gasteiger partial charge on any atom is 0.0453 e. The number of benzene rings is 2. The van der Waals surface area contributed by atoms with E-state index in [0.29, 0.717) is 0 Å². The van der Waals surface area contributed by atoms with Gasteiger partial charge >= 0.3 is 0 Å². The molecule has 19 heavy (non-hydrogen) atoms. The van der Waals surface area contributed by atoms with Crippen LogP contribution in [0, 0.1) is 6.92 Å². The molecule has 1 unspecified atom stereocenters. The van der Waals surface area contributed by atoms with Gasteiger partial charge in [0.25, 0.3) is 0 Å². The molecule has 1 heteroatoms. The van der Waals surface area contributed by atoms with E-state index >= 15 is 0 Å². The highest BCUT2D eigenvalue weighted by Crippen LogP contribution is 2.36. The summed E-state index contributed by atoms with van der Waals surface area (Å²) in [5, 5.41) is 0. The predicted octanol–water partition coefficient (Wildman–Crippen LogP) is 3.73. The van der Waals surface area contributed by atoms with Crippen molar-refractivity contribution in [2.45, 2.75) is 38.1 Å². The summed E-state index contributed by atoms with van der Waals surface area (Å²) in [4.78, 5) is 0. The Labute approximate surface area is 115 Å². The van der Waals surface area contributed by atoms with E-state index in [4.69, 9.17) is 5.73 Å². The third-order valence-corrected chi connectivity index (χ3v) is 4.39. The van der Waals surface area contributed by atoms with E-state index in [2.05, 4.69) is 55.5 Å². The fourth-order valence-corrected chi connectivity index (χ4v) is 3.28. The van der Waals surface area contributed by atoms with Gasteiger partial charge in [-0.3, -0.25) is 0 Å². The Bertz CT molecular complexity index is 588. The zero-order chi connectivity index (χ0) is 13.3. The lowest BCUT2D eigenvalue weighted by atomic mass is 9.73. The number of fused-ring (bicyclic) bond motifs is 1. The Balaban J connectivity index is 1.99. The maximum atomic E-state index is 6.77. The Hall–Kier alpha value is -1.60. The molecule has 2 aromatic carbocycles. The second kappa shape index (κ2) is 4.82. The lowest BCUT2D eigenvalue weighted by Crippen LogP contribution is -2.42. The second-order valence-corrected chi connectivity index (χ2v) is 5.77. The zero-order valence-corrected chi connectivity index (χ0v) is 11.5. The van der Waals surface area contributed by atoms with Gasteiger partial charge in [0.15, 0.2) is 0 Å². The molecule has 0 saturated heterocycles. The van der Waals surface area contributed by atoms with Crippen molar-refractivity contribution < 1.29 is 0 Å². The predicted molar refractivity (Wildman–Crippen MR) is 80.1 cm³/mol. The van der Waals surface area contributed by atoms with E-state index in [1.165, 1.54) is 35.1 Å². The van der Waals surface area contributed by atoms with Crippen LogP contribution in [0.1, 0.15) is 35.1 Å². The molecule has 0 radical (unpaired) electrons. The highest BCUT2D eigenvalue weighted by atomic mass is 14.7. The smallest absolute Gasteiger partial charge is 0.0453 e. The summed E-state index contributed by atoms with van der Waals surface area (Å²) in [6.45, 7) is 2.17. The summed E-state index contributed by atoms with van der Waals surface area (Å²) in [5.41, 5.74) is 12.1. The first kappa shape index (κ1) is 12.4. The van der Waals surface area contributed by atoms with Crippen LogP contribution in [0.5, 0.6) is 0 Å². The summed E-state index contributed by atoms with van der Waals surface area (Å²) in [7, 11) is 0. The molecule has 0 saturated carbocycles. The largest absolute Gasteiger partial charge is 0.321 e. The SMILES string of the molecule is Cc1ccccc1CC1(N)CCCc2ccccc21. The minimum atomic E-state index is -0.193. The number of hydrogen-bond acceptors (Lipinski definition) is 1. The molecule has 1 atom stereocenters. The van der Waals surface area contributed by atoms with Crippen LogP contribution in [-0.4, -0.2) is 0 Å². The van der Waals surface area contributed by atoms with Crippen molar-refractivity contribution >= 4 is 0 Å². The maximum absolute atomic E-state index is 6.77. The average Bonchev–Trinajstić information content (AvgIpc) is 2.42. The van der Waals surface area contributed by atoms with Gasteiger partial charge in [0.05, 0.1) is 0 Å². The molecular formula is C18H21N. The van der Waals surface area contributed by atoms with Gasteiger partial charge in [-0.2, -0.15) is 0 Å². The van der Waals surface area contributed by atoms with Crippen molar-refractivity contribution in [2.75, 3.05) is 0 Å². The molecular weight excluding hydrogens is 230 g/mol. The number of hydrogen-bond donors (Lipinski definition) is 1. The summed E-state index contributed by atoms with van der Waals surface area (Å²) < 4.78 is 0. The van der Waals surface area contributed by atoms with Crippen molar-refractivity contribution in [3.05, 3.63) is 70.8 Å². The van der Waals surface area contributed by atoms with Gasteiger partial charge in [-0.1, -0.05) is 48.5 Å². The molecule has 3 rings (SSSR count). The highest BCUT2D eigenvalue weighted by Gasteiger charge is 2.32. The van der Waals surface area contributed by atoms with Gasteiger partial charge < -0.3 is 5.73 Å². The zero-order valence-electron chi connectivity index (χ0n) is 11.5. The molecule has 0 aliphatic heterocycles. The third kappa shape index (κ3) is 2.31. The van der Waals surface area contributed by atoms with Gasteiger partial charge in [0.1, 0.15) is 0 Å². The van der Waals surface area contributed by atoms with E-state index in [-0.39, 0.29) is 5.54 Å². The fraction of sp³-hybridized carbons (Fsp3) is 0.333. The highest BCUT2D eigenvalue weighted by molar-refractivity contribution is 5.39. The molecule has 2 aromatic rings. The summed E-state index contributed by atoms with van der Waals surface area (Å²) in [6, 6.07) is 17.3. The van der Waals surface area contributed by atoms with Crippen LogP contribution in [0.15, 0.2) is 48.5 Å². The van der Waals surface area contributed by atoms with Crippen molar-refractivity contribution in [3.63, 3.8) is 0 Å². The molecule has 0 amide bonds. The van der Waals surface area contributed by atoms with Crippen LogP contribution < -0.4 is 5.73 Å². The first-order valence-corrected chi connectivity index (χ1v) is 7.11. The Morgan fingerprint density at radius 3 is 2.63 bits per heavy atom. The molecule has 0 bridgehead atoms. The van der Waals surface area contributed by atoms with Gasteiger partial charge in [0, 0.05) is 5.54 Å². The van der Waals surface area contributed by atoms with Crippen molar-refractivity contribution in [1.82, 2.24) is 0 Å². The van der Waals surface area contributed by atoms with Crippen molar-refractivity contribution in [3.8, 4) is 0 Å². The lowest BCUT2D eigenvalue weighted by Gasteiger charge is -2.36. The summed E-state index contributed by atoms with van der Waals surface area (Å²) in [5.74, 6) is 0. The van der Waals surface area contributed by atoms with E-state index in [1.54, 1.807) is 0 Å². The molecule has 0 heterocycles. The molecule has 1 aliphatic rings. The lowest BCUT2D eigenvalue weighted by molar-refractivity contribution is 0.369. The van der Waals surface area contributed by atoms with Crippen LogP contribution in [0.2, 0.25) is 0 Å². The van der Waals surface area contributed by atoms with Gasteiger partial charge in [0.2, 0.25) is 0 Å². The number of nitrogens with two attached hydrogens (primary N) is 1. The van der Waals surface area contributed by atoms with Crippen LogP contribution in [0.4, 0.5) is 0 Å². The summed E-state index contributed by atoms with van der Waals surface area (Å²) in [6.07, 6.45) is 4.39. The first-order valence-electron chi connectivity index (χ1n) is 7.11. The van der Waals surface area contributed by atoms with Crippen LogP contribution in [0.25, 0.3) is 0 Å². The minimum Gasteiger partial charge on any atom is -0.321 e. The number of rotatable bonds is 2. The Morgan fingerprint density at radius 2 is 1.79 bits per heavy atom. The Morgan fingerprint density at radius 1 is 1.05 bits per heavy atom. The first-order chi connectivity index (χ1) is 9.19. The van der Waals surface area contributed by atoms with E-state index < -0.39 is 0 Å². The quantitative estimate of drug-likeness (QED) is 0.864. The summed E-state index contributed by atoms with van der Waals surface area (Å²) >= 11 is 0. The molecule has 0 aromatic heterocycles. The molecule has 1 aliphatic carbocycles. The molecule has 2 N–H and O–H groups in total. The average molecular weight is 251 g/mol. The van der Waals surface area contributed by atoms with Crippen molar-refractivity contribution in [1.29, 1.82) is 0 Å². The molecule has 1 nitrogen and oxygen atoms in total. The van der Waals surface area contributed by atoms with Crippen LogP contribution >= 0.6 is 0 Å². The van der Waals surface area contributed by atoms with Crippen LogP contribution in [0.3, 0.4) is 0 Å². The number of aryl methyl sites for hydroxylation is 2. The monoisotopic (exact) mass is 251 g/mol. The van der Waals surface area contributed by atoms with E-state index in [9.17, 15) is 0 Å². The van der Waals surface area contributed by atoms with Gasteiger partial charge in [-0.15, -0.1) is 0 Å². The standard InChI is InChI=1S/C18H21N/c1-14-7-2-3-9-16(14)13-18(19)12-6-10-15-8-4-5-11-17(15)18/h2-5,7-9,11H,6,10,12-13,19H2,1H3. The molecule has 0 spiro atoms. The molecule has 98 valence electrons. The normalized spacial score (nSPS) is 22.0. The van der Waals surface area contributed by atoms with E-state index in [0.717, 1.165) is 12.8 Å². The van der Waals surface area contributed by atoms with Crippen LogP contribution in [-0.2, 0) is 18.4 Å². The van der Waals surface area contributed by atoms with Gasteiger partial charge in [-0.25, -0.2) is 0 Å². The molecule has 0 fully saturated rings. The second-order valence-electron chi connectivity index (χ2n) is 5.77. The van der Waals surface area contributed by atoms with E-state index in [1.807, 2.05) is 0 Å². The van der Waals surface area contributed by atoms with Gasteiger partial charge in [-0.05, 0) is 54.9 Å². The Kier molecular flexibility index (Phi) is 3.16. The minimum absolute atomic E-state index is 0.193. The fourth-order valence-electron chi connectivity index (χ4n) is 3.28. The third-order valence-electron chi connectivity index (χ3n) is 4.39.